The molecule has 200 valence electrons. The van der Waals surface area contributed by atoms with E-state index in [0.29, 0.717) is 27.5 Å². The first-order valence-corrected chi connectivity index (χ1v) is 11.9. The summed E-state index contributed by atoms with van der Waals surface area (Å²) in [6.07, 6.45) is -1.38. The van der Waals surface area contributed by atoms with Crippen LogP contribution in [0.25, 0.3) is 11.3 Å². The van der Waals surface area contributed by atoms with Gasteiger partial charge in [-0.2, -0.15) is 0 Å². The van der Waals surface area contributed by atoms with Crippen molar-refractivity contribution in [3.05, 3.63) is 64.8 Å². The zero-order valence-electron chi connectivity index (χ0n) is 20.8. The summed E-state index contributed by atoms with van der Waals surface area (Å²) < 4.78 is 43.3. The molecule has 0 saturated heterocycles. The molecule has 2 aromatic carbocycles. The highest BCUT2D eigenvalue weighted by molar-refractivity contribution is 6.31. The zero-order valence-corrected chi connectivity index (χ0v) is 21.6. The third-order valence-electron chi connectivity index (χ3n) is 6.34. The molecule has 4 rings (SSSR count). The number of ether oxygens (including phenoxy) is 2. The maximum Gasteiger partial charge on any atom is 0.412 e. The highest BCUT2D eigenvalue weighted by atomic mass is 35.5. The van der Waals surface area contributed by atoms with E-state index in [0.717, 1.165) is 12.0 Å². The lowest BCUT2D eigenvalue weighted by Gasteiger charge is -2.17. The number of esters is 1. The molecule has 0 radical (unpaired) electrons. The van der Waals surface area contributed by atoms with E-state index in [-0.39, 0.29) is 11.4 Å². The number of hydrogen-bond acceptors (Lipinski definition) is 7. The van der Waals surface area contributed by atoms with Gasteiger partial charge in [0.1, 0.15) is 29.3 Å². The second-order valence-corrected chi connectivity index (χ2v) is 9.17. The van der Waals surface area contributed by atoms with Crippen molar-refractivity contribution in [3.63, 3.8) is 0 Å². The number of halogens is 3. The second-order valence-electron chi connectivity index (χ2n) is 8.76. The molecule has 1 aliphatic rings. The number of carbonyl (C=O) groups excluding carboxylic acids is 3. The molecule has 12 heteroatoms. The molecule has 2 unspecified atom stereocenters. The van der Waals surface area contributed by atoms with Gasteiger partial charge in [-0.25, -0.2) is 13.6 Å². The minimum atomic E-state index is -3.46. The fourth-order valence-electron chi connectivity index (χ4n) is 4.10. The van der Waals surface area contributed by atoms with E-state index in [1.807, 2.05) is 0 Å². The Morgan fingerprint density at radius 3 is 2.42 bits per heavy atom. The van der Waals surface area contributed by atoms with Crippen LogP contribution in [0, 0.1) is 18.8 Å². The van der Waals surface area contributed by atoms with Crippen LogP contribution in [0.4, 0.5) is 25.0 Å². The maximum absolute atomic E-state index is 14.0. The van der Waals surface area contributed by atoms with Gasteiger partial charge in [0.25, 0.3) is 5.92 Å². The Morgan fingerprint density at radius 2 is 1.79 bits per heavy atom. The third-order valence-corrected chi connectivity index (χ3v) is 6.68. The summed E-state index contributed by atoms with van der Waals surface area (Å²) >= 11 is 6.17. The number of benzene rings is 2. The Morgan fingerprint density at radius 1 is 1.13 bits per heavy atom. The molecule has 1 N–H and O–H groups in total. The van der Waals surface area contributed by atoms with Crippen molar-refractivity contribution in [2.75, 3.05) is 24.4 Å². The summed E-state index contributed by atoms with van der Waals surface area (Å²) in [6, 6.07) is 13.2. The first-order chi connectivity index (χ1) is 18.0. The lowest BCUT2D eigenvalue weighted by atomic mass is 10.1. The van der Waals surface area contributed by atoms with Crippen molar-refractivity contribution in [3.8, 4) is 11.3 Å². The maximum atomic E-state index is 14.0. The molecular weight excluding hydrogens is 524 g/mol. The van der Waals surface area contributed by atoms with E-state index in [1.54, 1.807) is 50.2 Å². The van der Waals surface area contributed by atoms with Gasteiger partial charge >= 0.3 is 12.1 Å². The molecule has 1 fully saturated rings. The van der Waals surface area contributed by atoms with Gasteiger partial charge in [0.05, 0.1) is 7.11 Å². The molecule has 3 aromatic rings. The Bertz CT molecular complexity index is 1380. The van der Waals surface area contributed by atoms with E-state index in [4.69, 9.17) is 20.9 Å². The SMILES string of the molecule is COC(=O)C1C(C(=O)N(C)c2ccc(-c3onc(C)c3NC(=O)O[C@H](C)c3ccccc3Cl)cc2)C1(F)F. The molecule has 0 bridgehead atoms. The van der Waals surface area contributed by atoms with E-state index in [1.165, 1.54) is 19.2 Å². The van der Waals surface area contributed by atoms with Gasteiger partial charge in [-0.15, -0.1) is 0 Å². The number of nitrogens with zero attached hydrogens (tertiary/aromatic N) is 2. The number of nitrogens with one attached hydrogen (secondary N) is 1. The van der Waals surface area contributed by atoms with Crippen molar-refractivity contribution in [2.24, 2.45) is 11.8 Å². The molecule has 1 aliphatic carbocycles. The predicted octanol–water partition coefficient (Wildman–Crippen LogP) is 5.63. The van der Waals surface area contributed by atoms with Gasteiger partial charge < -0.3 is 18.9 Å². The van der Waals surface area contributed by atoms with Crippen LogP contribution in [0.15, 0.2) is 53.1 Å². The summed E-state index contributed by atoms with van der Waals surface area (Å²) in [5, 5.41) is 7.00. The number of amides is 2. The fraction of sp³-hybridized carbons (Fsp3) is 0.308. The minimum absolute atomic E-state index is 0.227. The Kier molecular flexibility index (Phi) is 7.41. The molecule has 1 aromatic heterocycles. The number of alkyl halides is 2. The van der Waals surface area contributed by atoms with Crippen LogP contribution in [-0.2, 0) is 19.1 Å². The first kappa shape index (κ1) is 27.1. The monoisotopic (exact) mass is 547 g/mol. The van der Waals surface area contributed by atoms with E-state index in [2.05, 4.69) is 15.2 Å². The van der Waals surface area contributed by atoms with Crippen molar-refractivity contribution in [1.29, 1.82) is 0 Å². The summed E-state index contributed by atoms with van der Waals surface area (Å²) in [5.41, 5.74) is 2.11. The van der Waals surface area contributed by atoms with Gasteiger partial charge in [0, 0.05) is 28.9 Å². The number of aryl methyl sites for hydroxylation is 1. The first-order valence-electron chi connectivity index (χ1n) is 11.5. The third kappa shape index (κ3) is 5.06. The minimum Gasteiger partial charge on any atom is -0.469 e. The van der Waals surface area contributed by atoms with Crippen LogP contribution in [0.3, 0.4) is 0 Å². The molecule has 0 spiro atoms. The number of anilines is 2. The average Bonchev–Trinajstić information content (AvgIpc) is 3.30. The number of methoxy groups -OCH3 is 1. The smallest absolute Gasteiger partial charge is 0.412 e. The summed E-state index contributed by atoms with van der Waals surface area (Å²) in [7, 11) is 2.33. The average molecular weight is 548 g/mol. The van der Waals surface area contributed by atoms with Crippen LogP contribution in [-0.4, -0.2) is 43.2 Å². The fourth-order valence-corrected chi connectivity index (χ4v) is 4.39. The molecule has 9 nitrogen and oxygen atoms in total. The summed E-state index contributed by atoms with van der Waals surface area (Å²) in [5.74, 6) is -8.86. The molecule has 0 aliphatic heterocycles. The highest BCUT2D eigenvalue weighted by Crippen LogP contribution is 2.56. The lowest BCUT2D eigenvalue weighted by Crippen LogP contribution is -2.30. The molecule has 1 heterocycles. The van der Waals surface area contributed by atoms with Crippen LogP contribution >= 0.6 is 11.6 Å². The summed E-state index contributed by atoms with van der Waals surface area (Å²) in [4.78, 5) is 37.9. The van der Waals surface area contributed by atoms with Gasteiger partial charge in [-0.1, -0.05) is 35.0 Å². The number of aromatic nitrogens is 1. The van der Waals surface area contributed by atoms with Gasteiger partial charge in [-0.3, -0.25) is 14.9 Å². The topological polar surface area (TPSA) is 111 Å². The molecule has 38 heavy (non-hydrogen) atoms. The lowest BCUT2D eigenvalue weighted by molar-refractivity contribution is -0.145. The van der Waals surface area contributed by atoms with Crippen LogP contribution < -0.4 is 10.2 Å². The summed E-state index contributed by atoms with van der Waals surface area (Å²) in [6.45, 7) is 3.32. The van der Waals surface area contributed by atoms with Gasteiger partial charge in [0.2, 0.25) is 5.91 Å². The predicted molar refractivity (Wildman–Crippen MR) is 134 cm³/mol. The highest BCUT2D eigenvalue weighted by Gasteiger charge is 2.76. The van der Waals surface area contributed by atoms with Crippen LogP contribution in [0.5, 0.6) is 0 Å². The van der Waals surface area contributed by atoms with Crippen molar-refractivity contribution in [2.45, 2.75) is 25.9 Å². The van der Waals surface area contributed by atoms with Gasteiger partial charge in [0.15, 0.2) is 5.76 Å². The molecular formula is C26H24ClF2N3O6. The Balaban J connectivity index is 1.46. The van der Waals surface area contributed by atoms with E-state index in [9.17, 15) is 23.2 Å². The number of rotatable bonds is 7. The molecule has 1 saturated carbocycles. The Labute approximate surface area is 221 Å². The standard InChI is InChI=1S/C26H24ClF2N3O6/c1-13-21(30-25(35)37-14(2)17-7-5-6-8-18(17)27)22(38-31-13)15-9-11-16(12-10-15)32(3)23(33)19-20(24(34)36-4)26(19,28)29/h5-12,14,19-20H,1-4H3,(H,30,35)/t14-,19?,20?/m1/s1. The quantitative estimate of drug-likeness (QED) is 0.382. The number of hydrogen-bond donors (Lipinski definition) is 1. The molecule has 3 atom stereocenters. The van der Waals surface area contributed by atoms with Crippen LogP contribution in [0.1, 0.15) is 24.3 Å². The van der Waals surface area contributed by atoms with Crippen molar-refractivity contribution >= 4 is 40.9 Å². The van der Waals surface area contributed by atoms with Gasteiger partial charge in [-0.05, 0) is 44.2 Å². The molecule has 2 amide bonds. The zero-order chi connectivity index (χ0) is 27.8. The van der Waals surface area contributed by atoms with E-state index >= 15 is 0 Å². The normalized spacial score (nSPS) is 18.3. The Hall–Kier alpha value is -3.99. The van der Waals surface area contributed by atoms with E-state index < -0.39 is 41.8 Å². The number of carbonyl (C=O) groups is 3. The van der Waals surface area contributed by atoms with Crippen LogP contribution in [0.2, 0.25) is 5.02 Å². The van der Waals surface area contributed by atoms with Crippen molar-refractivity contribution in [1.82, 2.24) is 5.16 Å². The largest absolute Gasteiger partial charge is 0.469 e. The second kappa shape index (κ2) is 10.4. The van der Waals surface area contributed by atoms with Crippen molar-refractivity contribution < 1.29 is 37.2 Å².